The Labute approximate surface area is 76.6 Å². The summed E-state index contributed by atoms with van der Waals surface area (Å²) in [6.07, 6.45) is 0.231. The predicted molar refractivity (Wildman–Crippen MR) is 47.8 cm³/mol. The topological polar surface area (TPSA) is 92.4 Å². The highest BCUT2D eigenvalue weighted by Gasteiger charge is 2.12. The molecule has 0 aliphatic rings. The Morgan fingerprint density at radius 3 is 2.54 bits per heavy atom. The van der Waals surface area contributed by atoms with Crippen LogP contribution in [0.25, 0.3) is 0 Å². The van der Waals surface area contributed by atoms with Crippen molar-refractivity contribution >= 4 is 11.9 Å². The number of allylic oxidation sites excluding steroid dienone is 1. The van der Waals surface area contributed by atoms with Gasteiger partial charge in [0.1, 0.15) is 6.04 Å². The van der Waals surface area contributed by atoms with Crippen molar-refractivity contribution in [2.75, 3.05) is 0 Å². The summed E-state index contributed by atoms with van der Waals surface area (Å²) >= 11 is 0. The highest BCUT2D eigenvalue weighted by molar-refractivity contribution is 5.79. The molecule has 0 fully saturated rings. The molecule has 0 bridgehead atoms. The van der Waals surface area contributed by atoms with E-state index in [1.54, 1.807) is 6.92 Å². The van der Waals surface area contributed by atoms with Crippen LogP contribution in [0.4, 0.5) is 0 Å². The largest absolute Gasteiger partial charge is 0.480 e. The molecule has 4 N–H and O–H groups in total. The zero-order valence-corrected chi connectivity index (χ0v) is 7.54. The Hall–Kier alpha value is -1.36. The monoisotopic (exact) mass is 186 g/mol. The van der Waals surface area contributed by atoms with E-state index in [0.29, 0.717) is 5.70 Å². The zero-order valence-electron chi connectivity index (χ0n) is 7.54. The first-order valence-corrected chi connectivity index (χ1v) is 3.87. The first-order valence-electron chi connectivity index (χ1n) is 3.87. The van der Waals surface area contributed by atoms with Crippen LogP contribution in [0.5, 0.6) is 0 Å². The van der Waals surface area contributed by atoms with Crippen molar-refractivity contribution in [2.45, 2.75) is 25.8 Å². The Bertz CT molecular complexity index is 225. The average Bonchev–Trinajstić information content (AvgIpc) is 1.98. The molecule has 1 atom stereocenters. The number of rotatable bonds is 5. The van der Waals surface area contributed by atoms with E-state index in [1.807, 2.05) is 0 Å². The number of aliphatic carboxylic acids is 1. The molecule has 0 heterocycles. The molecule has 0 rings (SSSR count). The molecule has 0 aromatic carbocycles. The molecule has 13 heavy (non-hydrogen) atoms. The van der Waals surface area contributed by atoms with E-state index in [9.17, 15) is 9.59 Å². The first-order chi connectivity index (χ1) is 5.93. The van der Waals surface area contributed by atoms with Gasteiger partial charge in [0.15, 0.2) is 0 Å². The molecule has 0 aromatic rings. The van der Waals surface area contributed by atoms with Gasteiger partial charge in [-0.1, -0.05) is 6.58 Å². The number of nitrogens with one attached hydrogen (secondary N) is 1. The van der Waals surface area contributed by atoms with E-state index < -0.39 is 12.0 Å². The Morgan fingerprint density at radius 1 is 1.62 bits per heavy atom. The standard InChI is InChI=1S/C8H14N2O3/c1-5(2)10-7(11)4-3-6(9)8(12)13/h6H,1,3-4,9H2,2H3,(H,10,11)(H,12,13). The third kappa shape index (κ3) is 5.86. The molecule has 0 aliphatic heterocycles. The van der Waals surface area contributed by atoms with Crippen LogP contribution in [0.15, 0.2) is 12.3 Å². The Kier molecular flexibility index (Phi) is 4.76. The molecular formula is C8H14N2O3. The van der Waals surface area contributed by atoms with Gasteiger partial charge in [-0.15, -0.1) is 0 Å². The highest BCUT2D eigenvalue weighted by atomic mass is 16.4. The molecule has 5 heteroatoms. The lowest BCUT2D eigenvalue weighted by Crippen LogP contribution is -2.32. The van der Waals surface area contributed by atoms with Gasteiger partial charge in [-0.3, -0.25) is 9.59 Å². The number of carbonyl (C=O) groups excluding carboxylic acids is 1. The number of nitrogens with two attached hydrogens (primary N) is 1. The van der Waals surface area contributed by atoms with E-state index >= 15 is 0 Å². The van der Waals surface area contributed by atoms with Gasteiger partial charge < -0.3 is 16.2 Å². The fourth-order valence-electron chi connectivity index (χ4n) is 0.711. The quantitative estimate of drug-likeness (QED) is 0.555. The lowest BCUT2D eigenvalue weighted by molar-refractivity contribution is -0.138. The van der Waals surface area contributed by atoms with E-state index in [2.05, 4.69) is 11.9 Å². The number of hydrogen-bond acceptors (Lipinski definition) is 3. The van der Waals surface area contributed by atoms with Crippen molar-refractivity contribution in [3.05, 3.63) is 12.3 Å². The highest BCUT2D eigenvalue weighted by Crippen LogP contribution is 1.95. The first kappa shape index (κ1) is 11.6. The van der Waals surface area contributed by atoms with Gasteiger partial charge in [0, 0.05) is 12.1 Å². The van der Waals surface area contributed by atoms with Crippen LogP contribution in [0.3, 0.4) is 0 Å². The molecule has 0 aliphatic carbocycles. The summed E-state index contributed by atoms with van der Waals surface area (Å²) in [4.78, 5) is 21.2. The van der Waals surface area contributed by atoms with Gasteiger partial charge in [0.2, 0.25) is 5.91 Å². The summed E-state index contributed by atoms with van der Waals surface area (Å²) < 4.78 is 0. The van der Waals surface area contributed by atoms with Gasteiger partial charge in [-0.05, 0) is 13.3 Å². The number of hydrogen-bond donors (Lipinski definition) is 3. The Balaban J connectivity index is 3.70. The van der Waals surface area contributed by atoms with Gasteiger partial charge in [-0.25, -0.2) is 0 Å². The average molecular weight is 186 g/mol. The summed E-state index contributed by atoms with van der Waals surface area (Å²) in [6, 6.07) is -0.976. The van der Waals surface area contributed by atoms with E-state index in [4.69, 9.17) is 10.8 Å². The van der Waals surface area contributed by atoms with Crippen LogP contribution in [-0.2, 0) is 9.59 Å². The van der Waals surface area contributed by atoms with Gasteiger partial charge >= 0.3 is 5.97 Å². The maximum absolute atomic E-state index is 11.0. The fraction of sp³-hybridized carbons (Fsp3) is 0.500. The van der Waals surface area contributed by atoms with Crippen LogP contribution >= 0.6 is 0 Å². The van der Waals surface area contributed by atoms with Crippen molar-refractivity contribution in [3.63, 3.8) is 0 Å². The maximum atomic E-state index is 11.0. The number of carbonyl (C=O) groups is 2. The summed E-state index contributed by atoms with van der Waals surface area (Å²) in [5.74, 6) is -1.35. The van der Waals surface area contributed by atoms with Crippen molar-refractivity contribution in [2.24, 2.45) is 5.73 Å². The van der Waals surface area contributed by atoms with Crippen LogP contribution < -0.4 is 11.1 Å². The second-order valence-corrected chi connectivity index (χ2v) is 2.81. The van der Waals surface area contributed by atoms with Crippen molar-refractivity contribution in [3.8, 4) is 0 Å². The minimum atomic E-state index is -1.09. The van der Waals surface area contributed by atoms with E-state index in [0.717, 1.165) is 0 Å². The second kappa shape index (κ2) is 5.31. The van der Waals surface area contributed by atoms with Crippen LogP contribution in [-0.4, -0.2) is 23.0 Å². The summed E-state index contributed by atoms with van der Waals surface area (Å²) in [5, 5.41) is 10.9. The molecule has 1 amide bonds. The van der Waals surface area contributed by atoms with Gasteiger partial charge in [-0.2, -0.15) is 0 Å². The lowest BCUT2D eigenvalue weighted by Gasteiger charge is -2.06. The molecule has 0 radical (unpaired) electrons. The molecule has 5 nitrogen and oxygen atoms in total. The van der Waals surface area contributed by atoms with Crippen LogP contribution in [0, 0.1) is 0 Å². The normalized spacial score (nSPS) is 11.8. The predicted octanol–water partition coefficient (Wildman–Crippen LogP) is -0.172. The van der Waals surface area contributed by atoms with E-state index in [1.165, 1.54) is 0 Å². The molecular weight excluding hydrogens is 172 g/mol. The van der Waals surface area contributed by atoms with Crippen LogP contribution in [0.1, 0.15) is 19.8 Å². The molecule has 0 aromatic heterocycles. The van der Waals surface area contributed by atoms with Crippen molar-refractivity contribution < 1.29 is 14.7 Å². The zero-order chi connectivity index (χ0) is 10.4. The van der Waals surface area contributed by atoms with Gasteiger partial charge in [0.05, 0.1) is 0 Å². The fourth-order valence-corrected chi connectivity index (χ4v) is 0.711. The molecule has 0 spiro atoms. The van der Waals surface area contributed by atoms with Crippen molar-refractivity contribution in [1.82, 2.24) is 5.32 Å². The van der Waals surface area contributed by atoms with Gasteiger partial charge in [0.25, 0.3) is 0 Å². The lowest BCUT2D eigenvalue weighted by atomic mass is 10.1. The Morgan fingerprint density at radius 2 is 2.15 bits per heavy atom. The third-order valence-electron chi connectivity index (χ3n) is 1.35. The summed E-state index contributed by atoms with van der Waals surface area (Å²) in [7, 11) is 0. The summed E-state index contributed by atoms with van der Waals surface area (Å²) in [6.45, 7) is 5.13. The maximum Gasteiger partial charge on any atom is 0.320 e. The SMILES string of the molecule is C=C(C)NC(=O)CCC(N)C(=O)O. The van der Waals surface area contributed by atoms with Crippen molar-refractivity contribution in [1.29, 1.82) is 0 Å². The number of carboxylic acids is 1. The molecule has 0 saturated carbocycles. The molecule has 0 saturated heterocycles. The third-order valence-corrected chi connectivity index (χ3v) is 1.35. The minimum Gasteiger partial charge on any atom is -0.480 e. The van der Waals surface area contributed by atoms with E-state index in [-0.39, 0.29) is 18.7 Å². The molecule has 1 unspecified atom stereocenters. The second-order valence-electron chi connectivity index (χ2n) is 2.81. The number of amides is 1. The minimum absolute atomic E-state index is 0.0975. The smallest absolute Gasteiger partial charge is 0.320 e. The number of carboxylic acid groups (broad SMARTS) is 1. The molecule has 74 valence electrons. The summed E-state index contributed by atoms with van der Waals surface area (Å²) in [5.41, 5.74) is 5.73. The van der Waals surface area contributed by atoms with Crippen LogP contribution in [0.2, 0.25) is 0 Å².